The van der Waals surface area contributed by atoms with E-state index in [0.29, 0.717) is 5.69 Å². The fourth-order valence-corrected chi connectivity index (χ4v) is 1.12. The van der Waals surface area contributed by atoms with Gasteiger partial charge in [-0.25, -0.2) is 4.79 Å². The van der Waals surface area contributed by atoms with Gasteiger partial charge in [-0.3, -0.25) is 4.79 Å². The van der Waals surface area contributed by atoms with Crippen LogP contribution < -0.4 is 5.32 Å². The number of carboxylic acid groups (broad SMARTS) is 1. The minimum atomic E-state index is -1.07. The van der Waals surface area contributed by atoms with Crippen LogP contribution in [0.15, 0.2) is 34.8 Å². The highest BCUT2D eigenvalue weighted by Crippen LogP contribution is 2.13. The SMILES string of the molecule is O=C(Nc1cccc(C(=O)O)c1)/C(Cl)=C/Cl. The molecule has 0 radical (unpaired) electrons. The summed E-state index contributed by atoms with van der Waals surface area (Å²) >= 11 is 10.7. The molecule has 1 aromatic carbocycles. The lowest BCUT2D eigenvalue weighted by Gasteiger charge is -2.04. The molecule has 0 saturated carbocycles. The van der Waals surface area contributed by atoms with Gasteiger partial charge in [-0.15, -0.1) is 0 Å². The first-order valence-corrected chi connectivity index (χ1v) is 4.96. The molecule has 1 rings (SSSR count). The first-order chi connectivity index (χ1) is 7.54. The van der Waals surface area contributed by atoms with Crippen LogP contribution in [-0.4, -0.2) is 17.0 Å². The number of carbonyl (C=O) groups is 2. The molecule has 1 amide bonds. The summed E-state index contributed by atoms with van der Waals surface area (Å²) in [5, 5.41) is 11.0. The number of carbonyl (C=O) groups excluding carboxylic acids is 1. The molecule has 0 fully saturated rings. The lowest BCUT2D eigenvalue weighted by Crippen LogP contribution is -2.11. The van der Waals surface area contributed by atoms with E-state index in [4.69, 9.17) is 28.3 Å². The molecule has 6 heteroatoms. The molecule has 0 heterocycles. The van der Waals surface area contributed by atoms with Gasteiger partial charge in [0.15, 0.2) is 0 Å². The minimum absolute atomic E-state index is 0.0729. The van der Waals surface area contributed by atoms with E-state index in [-0.39, 0.29) is 10.6 Å². The lowest BCUT2D eigenvalue weighted by molar-refractivity contribution is -0.112. The van der Waals surface area contributed by atoms with Crippen LogP contribution in [0.25, 0.3) is 0 Å². The van der Waals surface area contributed by atoms with Gasteiger partial charge < -0.3 is 10.4 Å². The number of benzene rings is 1. The summed E-state index contributed by atoms with van der Waals surface area (Å²) in [5.41, 5.74) is 1.34. The predicted octanol–water partition coefficient (Wildman–Crippen LogP) is 2.64. The Morgan fingerprint density at radius 2 is 2.06 bits per heavy atom. The molecule has 0 saturated heterocycles. The fourth-order valence-electron chi connectivity index (χ4n) is 0.970. The van der Waals surface area contributed by atoms with Crippen LogP contribution in [0, 0.1) is 0 Å². The third-order valence-corrected chi connectivity index (χ3v) is 2.29. The smallest absolute Gasteiger partial charge is 0.335 e. The number of nitrogens with one attached hydrogen (secondary N) is 1. The van der Waals surface area contributed by atoms with Crippen molar-refractivity contribution in [2.45, 2.75) is 0 Å². The number of carboxylic acids is 1. The highest BCUT2D eigenvalue weighted by atomic mass is 35.5. The second-order valence-electron chi connectivity index (χ2n) is 2.80. The van der Waals surface area contributed by atoms with E-state index in [9.17, 15) is 9.59 Å². The summed E-state index contributed by atoms with van der Waals surface area (Å²) in [6.45, 7) is 0. The molecular weight excluding hydrogens is 253 g/mol. The zero-order valence-electron chi connectivity index (χ0n) is 7.91. The average Bonchev–Trinajstić information content (AvgIpc) is 2.28. The van der Waals surface area contributed by atoms with Crippen LogP contribution in [-0.2, 0) is 4.79 Å². The molecule has 4 nitrogen and oxygen atoms in total. The highest BCUT2D eigenvalue weighted by Gasteiger charge is 2.08. The maximum Gasteiger partial charge on any atom is 0.335 e. The van der Waals surface area contributed by atoms with E-state index in [2.05, 4.69) is 5.32 Å². The van der Waals surface area contributed by atoms with Gasteiger partial charge in [-0.2, -0.15) is 0 Å². The Hall–Kier alpha value is -1.52. The normalized spacial score (nSPS) is 11.0. The molecule has 84 valence electrons. The second kappa shape index (κ2) is 5.53. The summed E-state index contributed by atoms with van der Waals surface area (Å²) in [6.07, 6.45) is 0. The van der Waals surface area contributed by atoms with E-state index in [1.54, 1.807) is 6.07 Å². The Morgan fingerprint density at radius 3 is 2.62 bits per heavy atom. The van der Waals surface area contributed by atoms with E-state index >= 15 is 0 Å². The molecule has 0 aliphatic rings. The molecule has 0 spiro atoms. The third-order valence-electron chi connectivity index (χ3n) is 1.68. The van der Waals surface area contributed by atoms with E-state index in [1.807, 2.05) is 0 Å². The number of aromatic carboxylic acids is 1. The summed E-state index contributed by atoms with van der Waals surface area (Å²) in [5.74, 6) is -1.67. The predicted molar refractivity (Wildman–Crippen MR) is 61.8 cm³/mol. The first kappa shape index (κ1) is 12.5. The van der Waals surface area contributed by atoms with Crippen molar-refractivity contribution < 1.29 is 14.7 Å². The molecule has 0 bridgehead atoms. The van der Waals surface area contributed by atoms with E-state index in [0.717, 1.165) is 5.54 Å². The van der Waals surface area contributed by atoms with E-state index in [1.165, 1.54) is 18.2 Å². The maximum atomic E-state index is 11.3. The van der Waals surface area contributed by atoms with Crippen molar-refractivity contribution >= 4 is 40.8 Å². The number of halogens is 2. The lowest BCUT2D eigenvalue weighted by atomic mass is 10.2. The van der Waals surface area contributed by atoms with Crippen LogP contribution in [0.3, 0.4) is 0 Å². The Bertz CT molecular complexity index is 457. The van der Waals surface area contributed by atoms with Gasteiger partial charge in [0, 0.05) is 11.2 Å². The van der Waals surface area contributed by atoms with Gasteiger partial charge in [-0.05, 0) is 18.2 Å². The summed E-state index contributed by atoms with van der Waals surface area (Å²) < 4.78 is 0. The maximum absolute atomic E-state index is 11.3. The Balaban J connectivity index is 2.86. The fraction of sp³-hybridized carbons (Fsp3) is 0. The van der Waals surface area contributed by atoms with Gasteiger partial charge >= 0.3 is 5.97 Å². The molecule has 1 aromatic rings. The van der Waals surface area contributed by atoms with Gasteiger partial charge in [0.05, 0.1) is 5.56 Å². The van der Waals surface area contributed by atoms with Crippen molar-refractivity contribution in [3.05, 3.63) is 40.4 Å². The van der Waals surface area contributed by atoms with Crippen LogP contribution >= 0.6 is 23.2 Å². The molecule has 0 aliphatic carbocycles. The third kappa shape index (κ3) is 3.25. The number of anilines is 1. The number of hydrogen-bond donors (Lipinski definition) is 2. The number of hydrogen-bond acceptors (Lipinski definition) is 2. The van der Waals surface area contributed by atoms with Crippen molar-refractivity contribution in [2.75, 3.05) is 5.32 Å². The zero-order chi connectivity index (χ0) is 12.1. The molecule has 16 heavy (non-hydrogen) atoms. The van der Waals surface area contributed by atoms with Crippen molar-refractivity contribution in [3.63, 3.8) is 0 Å². The molecule has 2 N–H and O–H groups in total. The summed E-state index contributed by atoms with van der Waals surface area (Å²) in [4.78, 5) is 21.9. The molecule has 0 aromatic heterocycles. The van der Waals surface area contributed by atoms with Crippen LogP contribution in [0.1, 0.15) is 10.4 Å². The molecular formula is C10H7Cl2NO3. The number of rotatable bonds is 3. The monoisotopic (exact) mass is 259 g/mol. The highest BCUT2D eigenvalue weighted by molar-refractivity contribution is 6.47. The summed E-state index contributed by atoms with van der Waals surface area (Å²) in [6, 6.07) is 5.79. The quantitative estimate of drug-likeness (QED) is 0.821. The van der Waals surface area contributed by atoms with Crippen molar-refractivity contribution in [1.82, 2.24) is 0 Å². The topological polar surface area (TPSA) is 66.4 Å². The zero-order valence-corrected chi connectivity index (χ0v) is 9.42. The van der Waals surface area contributed by atoms with Gasteiger partial charge in [-0.1, -0.05) is 29.3 Å². The largest absolute Gasteiger partial charge is 0.478 e. The van der Waals surface area contributed by atoms with Crippen LogP contribution in [0.2, 0.25) is 0 Å². The molecule has 0 atom stereocenters. The van der Waals surface area contributed by atoms with E-state index < -0.39 is 11.9 Å². The van der Waals surface area contributed by atoms with Gasteiger partial charge in [0.2, 0.25) is 0 Å². The van der Waals surface area contributed by atoms with Crippen LogP contribution in [0.5, 0.6) is 0 Å². The van der Waals surface area contributed by atoms with Crippen molar-refractivity contribution in [1.29, 1.82) is 0 Å². The Kier molecular flexibility index (Phi) is 4.34. The first-order valence-electron chi connectivity index (χ1n) is 4.15. The van der Waals surface area contributed by atoms with Crippen molar-refractivity contribution in [2.24, 2.45) is 0 Å². The average molecular weight is 260 g/mol. The molecule has 0 aliphatic heterocycles. The van der Waals surface area contributed by atoms with Crippen LogP contribution in [0.4, 0.5) is 5.69 Å². The Morgan fingerprint density at radius 1 is 1.38 bits per heavy atom. The standard InChI is InChI=1S/C10H7Cl2NO3/c11-5-8(12)9(14)13-7-3-1-2-6(4-7)10(15)16/h1-5H,(H,13,14)(H,15,16)/b8-5-. The Labute approximate surface area is 101 Å². The second-order valence-corrected chi connectivity index (χ2v) is 3.42. The van der Waals surface area contributed by atoms with Crippen molar-refractivity contribution in [3.8, 4) is 0 Å². The minimum Gasteiger partial charge on any atom is -0.478 e. The molecule has 0 unspecified atom stereocenters. The van der Waals surface area contributed by atoms with Gasteiger partial charge in [0.1, 0.15) is 5.03 Å². The number of amides is 1. The summed E-state index contributed by atoms with van der Waals surface area (Å²) in [7, 11) is 0. The van der Waals surface area contributed by atoms with Gasteiger partial charge in [0.25, 0.3) is 5.91 Å².